The zero-order valence-electron chi connectivity index (χ0n) is 11.0. The van der Waals surface area contributed by atoms with E-state index in [0.29, 0.717) is 21.0 Å². The van der Waals surface area contributed by atoms with Crippen molar-refractivity contribution in [3.63, 3.8) is 0 Å². The fourth-order valence-corrected chi connectivity index (χ4v) is 5.54. The number of benzene rings is 2. The number of para-hydroxylation sites is 1. The summed E-state index contributed by atoms with van der Waals surface area (Å²) in [6, 6.07) is 9.88. The summed E-state index contributed by atoms with van der Waals surface area (Å²) in [4.78, 5) is 0.804. The number of hydrogen-bond donors (Lipinski definition) is 2. The van der Waals surface area contributed by atoms with E-state index in [9.17, 15) is 13.5 Å². The highest BCUT2D eigenvalue weighted by molar-refractivity contribution is 8.02. The average Bonchev–Trinajstić information content (AvgIpc) is 2.41. The standard InChI is InChI=1S/C14H12ClNO3S2/c1-8-6-13-12(7-10(8)15)20-14(16-21(13,18)19)9-4-2-3-5-11(9)17/h2-7,14,16-17H,1H3. The molecule has 7 heteroatoms. The summed E-state index contributed by atoms with van der Waals surface area (Å²) in [5.41, 5.74) is 1.23. The molecule has 1 heterocycles. The number of nitrogens with one attached hydrogen (secondary N) is 1. The Morgan fingerprint density at radius 1 is 1.29 bits per heavy atom. The number of fused-ring (bicyclic) bond motifs is 1. The van der Waals surface area contributed by atoms with Gasteiger partial charge in [0.1, 0.15) is 11.1 Å². The molecule has 0 aliphatic carbocycles. The Morgan fingerprint density at radius 2 is 2.00 bits per heavy atom. The molecule has 1 unspecified atom stereocenters. The molecule has 2 N–H and O–H groups in total. The fraction of sp³-hybridized carbons (Fsp3) is 0.143. The highest BCUT2D eigenvalue weighted by Crippen LogP contribution is 2.45. The van der Waals surface area contributed by atoms with Gasteiger partial charge >= 0.3 is 0 Å². The number of aromatic hydroxyl groups is 1. The SMILES string of the molecule is Cc1cc2c(cc1Cl)SC(c1ccccc1O)NS2(=O)=O. The summed E-state index contributed by atoms with van der Waals surface area (Å²) >= 11 is 7.40. The van der Waals surface area contributed by atoms with Gasteiger partial charge in [-0.2, -0.15) is 4.72 Å². The summed E-state index contributed by atoms with van der Waals surface area (Å²) < 4.78 is 27.3. The van der Waals surface area contributed by atoms with Crippen LogP contribution in [0.5, 0.6) is 5.75 Å². The van der Waals surface area contributed by atoms with Crippen molar-refractivity contribution in [2.45, 2.75) is 22.1 Å². The van der Waals surface area contributed by atoms with Crippen molar-refractivity contribution >= 4 is 33.4 Å². The number of thioether (sulfide) groups is 1. The molecule has 0 fully saturated rings. The zero-order chi connectivity index (χ0) is 15.2. The van der Waals surface area contributed by atoms with Crippen molar-refractivity contribution in [3.8, 4) is 5.75 Å². The van der Waals surface area contributed by atoms with E-state index in [1.165, 1.54) is 17.8 Å². The van der Waals surface area contributed by atoms with E-state index in [-0.39, 0.29) is 10.6 Å². The van der Waals surface area contributed by atoms with Crippen LogP contribution in [-0.4, -0.2) is 13.5 Å². The molecule has 0 radical (unpaired) electrons. The lowest BCUT2D eigenvalue weighted by atomic mass is 10.2. The molecule has 110 valence electrons. The first-order valence-electron chi connectivity index (χ1n) is 6.15. The third kappa shape index (κ3) is 2.64. The fourth-order valence-electron chi connectivity index (χ4n) is 2.13. The van der Waals surface area contributed by atoms with Crippen LogP contribution in [0.15, 0.2) is 46.2 Å². The third-order valence-corrected chi connectivity index (χ3v) is 6.59. The van der Waals surface area contributed by atoms with E-state index in [1.54, 1.807) is 37.3 Å². The maximum absolute atomic E-state index is 12.4. The molecule has 0 amide bonds. The van der Waals surface area contributed by atoms with Crippen molar-refractivity contribution in [3.05, 3.63) is 52.5 Å². The molecule has 2 aromatic rings. The van der Waals surface area contributed by atoms with Gasteiger partial charge in [0.25, 0.3) is 0 Å². The molecule has 0 saturated heterocycles. The van der Waals surface area contributed by atoms with Gasteiger partial charge in [0.05, 0.1) is 4.90 Å². The summed E-state index contributed by atoms with van der Waals surface area (Å²) in [6.07, 6.45) is 0. The molecule has 0 saturated carbocycles. The normalized spacial score (nSPS) is 20.0. The Hall–Kier alpha value is -1.21. The quantitative estimate of drug-likeness (QED) is 0.834. The second kappa shape index (κ2) is 5.21. The van der Waals surface area contributed by atoms with Gasteiger partial charge in [0, 0.05) is 15.5 Å². The number of phenols is 1. The Bertz CT molecular complexity index is 821. The molecular weight excluding hydrogens is 330 g/mol. The van der Waals surface area contributed by atoms with Crippen LogP contribution in [0.25, 0.3) is 0 Å². The Balaban J connectivity index is 2.12. The van der Waals surface area contributed by atoms with Gasteiger partial charge in [-0.05, 0) is 30.7 Å². The van der Waals surface area contributed by atoms with Crippen molar-refractivity contribution in [1.82, 2.24) is 4.72 Å². The highest BCUT2D eigenvalue weighted by Gasteiger charge is 2.32. The molecule has 0 bridgehead atoms. The van der Waals surface area contributed by atoms with E-state index >= 15 is 0 Å². The Kier molecular flexibility index (Phi) is 3.65. The highest BCUT2D eigenvalue weighted by atomic mass is 35.5. The third-order valence-electron chi connectivity index (χ3n) is 3.24. The summed E-state index contributed by atoms with van der Waals surface area (Å²) in [7, 11) is -3.64. The maximum Gasteiger partial charge on any atom is 0.242 e. The molecule has 21 heavy (non-hydrogen) atoms. The summed E-state index contributed by atoms with van der Waals surface area (Å²) in [5, 5.41) is 9.85. The van der Waals surface area contributed by atoms with Gasteiger partial charge in [-0.15, -0.1) is 0 Å². The topological polar surface area (TPSA) is 66.4 Å². The molecular formula is C14H12ClNO3S2. The lowest BCUT2D eigenvalue weighted by Crippen LogP contribution is -2.30. The van der Waals surface area contributed by atoms with Crippen LogP contribution in [0.3, 0.4) is 0 Å². The van der Waals surface area contributed by atoms with Crippen molar-refractivity contribution < 1.29 is 13.5 Å². The first-order chi connectivity index (χ1) is 9.88. The van der Waals surface area contributed by atoms with Crippen LogP contribution in [-0.2, 0) is 10.0 Å². The first kappa shape index (κ1) is 14.7. The van der Waals surface area contributed by atoms with Gasteiger partial charge < -0.3 is 5.11 Å². The predicted octanol–water partition coefficient (Wildman–Crippen LogP) is 3.44. The summed E-state index contributed by atoms with van der Waals surface area (Å²) in [6.45, 7) is 1.76. The first-order valence-corrected chi connectivity index (χ1v) is 8.89. The number of rotatable bonds is 1. The molecule has 1 aliphatic heterocycles. The molecule has 2 aromatic carbocycles. The van der Waals surface area contributed by atoms with Crippen LogP contribution in [0.1, 0.15) is 16.5 Å². The van der Waals surface area contributed by atoms with Crippen molar-refractivity contribution in [2.24, 2.45) is 0 Å². The smallest absolute Gasteiger partial charge is 0.242 e. The molecule has 3 rings (SSSR count). The number of sulfonamides is 1. The van der Waals surface area contributed by atoms with E-state index in [1.807, 2.05) is 0 Å². The minimum atomic E-state index is -3.64. The van der Waals surface area contributed by atoms with Crippen LogP contribution in [0.4, 0.5) is 0 Å². The maximum atomic E-state index is 12.4. The van der Waals surface area contributed by atoms with Crippen LogP contribution < -0.4 is 4.72 Å². The lowest BCUT2D eigenvalue weighted by molar-refractivity contribution is 0.466. The van der Waals surface area contributed by atoms with Gasteiger partial charge in [0.15, 0.2) is 0 Å². The number of halogens is 1. The molecule has 0 aromatic heterocycles. The molecule has 4 nitrogen and oxygen atoms in total. The number of phenolic OH excluding ortho intramolecular Hbond substituents is 1. The van der Waals surface area contributed by atoms with Gasteiger partial charge in [-0.3, -0.25) is 0 Å². The zero-order valence-corrected chi connectivity index (χ0v) is 13.4. The van der Waals surface area contributed by atoms with E-state index in [4.69, 9.17) is 11.6 Å². The molecule has 0 spiro atoms. The number of aryl methyl sites for hydroxylation is 1. The van der Waals surface area contributed by atoms with Crippen LogP contribution in [0, 0.1) is 6.92 Å². The lowest BCUT2D eigenvalue weighted by Gasteiger charge is -2.26. The number of hydrogen-bond acceptors (Lipinski definition) is 4. The minimum Gasteiger partial charge on any atom is -0.508 e. The van der Waals surface area contributed by atoms with Crippen LogP contribution >= 0.6 is 23.4 Å². The predicted molar refractivity (Wildman–Crippen MR) is 83.2 cm³/mol. The molecule has 1 atom stereocenters. The largest absolute Gasteiger partial charge is 0.508 e. The second-order valence-electron chi connectivity index (χ2n) is 4.73. The average molecular weight is 342 g/mol. The summed E-state index contributed by atoms with van der Waals surface area (Å²) in [5.74, 6) is 0.0550. The van der Waals surface area contributed by atoms with E-state index < -0.39 is 15.4 Å². The molecule has 1 aliphatic rings. The Labute approximate surface area is 132 Å². The Morgan fingerprint density at radius 3 is 2.71 bits per heavy atom. The van der Waals surface area contributed by atoms with E-state index in [2.05, 4.69) is 4.72 Å². The minimum absolute atomic E-state index is 0.0550. The van der Waals surface area contributed by atoms with Gasteiger partial charge in [0.2, 0.25) is 10.0 Å². The second-order valence-corrected chi connectivity index (χ2v) is 7.96. The van der Waals surface area contributed by atoms with Crippen LogP contribution in [0.2, 0.25) is 5.02 Å². The van der Waals surface area contributed by atoms with Gasteiger partial charge in [-0.25, -0.2) is 8.42 Å². The van der Waals surface area contributed by atoms with Gasteiger partial charge in [-0.1, -0.05) is 41.6 Å². The van der Waals surface area contributed by atoms with Crippen molar-refractivity contribution in [1.29, 1.82) is 0 Å². The monoisotopic (exact) mass is 341 g/mol. The van der Waals surface area contributed by atoms with E-state index in [0.717, 1.165) is 0 Å². The van der Waals surface area contributed by atoms with Crippen molar-refractivity contribution in [2.75, 3.05) is 0 Å².